The van der Waals surface area contributed by atoms with E-state index in [9.17, 15) is 13.2 Å². The van der Waals surface area contributed by atoms with E-state index in [-0.39, 0.29) is 16.0 Å². The Balaban J connectivity index is 2.01. The Morgan fingerprint density at radius 1 is 1.43 bits per heavy atom. The van der Waals surface area contributed by atoms with Gasteiger partial charge in [-0.15, -0.1) is 11.3 Å². The topological polar surface area (TPSA) is 92.7 Å². The number of thiophene rings is 1. The monoisotopic (exact) mass is 333 g/mol. The van der Waals surface area contributed by atoms with Gasteiger partial charge < -0.3 is 9.84 Å². The number of ether oxygens (including phenoxy) is 1. The summed E-state index contributed by atoms with van der Waals surface area (Å²) in [4.78, 5) is 11.2. The Morgan fingerprint density at radius 2 is 2.10 bits per heavy atom. The van der Waals surface area contributed by atoms with Crippen molar-refractivity contribution < 1.29 is 23.1 Å². The van der Waals surface area contributed by atoms with Crippen molar-refractivity contribution in [3.63, 3.8) is 0 Å². The first-order valence-electron chi connectivity index (χ1n) is 6.69. The lowest BCUT2D eigenvalue weighted by molar-refractivity contribution is -0.136. The minimum absolute atomic E-state index is 0.0908. The maximum absolute atomic E-state index is 12.2. The molecule has 118 valence electrons. The zero-order valence-corrected chi connectivity index (χ0v) is 13.4. The second kappa shape index (κ2) is 6.43. The summed E-state index contributed by atoms with van der Waals surface area (Å²) >= 11 is 0.998. The van der Waals surface area contributed by atoms with Crippen LogP contribution in [0, 0.1) is 5.41 Å². The molecule has 1 aromatic heterocycles. The molecule has 0 spiro atoms. The van der Waals surface area contributed by atoms with E-state index in [1.165, 1.54) is 6.07 Å². The van der Waals surface area contributed by atoms with Crippen LogP contribution in [0.2, 0.25) is 0 Å². The fourth-order valence-corrected chi connectivity index (χ4v) is 4.72. The number of sulfonamides is 1. The van der Waals surface area contributed by atoms with Crippen molar-refractivity contribution in [1.29, 1.82) is 0 Å². The molecule has 0 aliphatic carbocycles. The van der Waals surface area contributed by atoms with Gasteiger partial charge in [0.15, 0.2) is 0 Å². The summed E-state index contributed by atoms with van der Waals surface area (Å²) in [6.07, 6.45) is 1.49. The number of carbonyl (C=O) groups is 1. The molecule has 0 atom stereocenters. The Morgan fingerprint density at radius 3 is 2.71 bits per heavy atom. The summed E-state index contributed by atoms with van der Waals surface area (Å²) in [7, 11) is -3.58. The molecule has 1 aliphatic heterocycles. The predicted octanol–water partition coefficient (Wildman–Crippen LogP) is 1.47. The van der Waals surface area contributed by atoms with Crippen LogP contribution in [0.5, 0.6) is 0 Å². The molecule has 0 bridgehead atoms. The lowest BCUT2D eigenvalue weighted by Crippen LogP contribution is -2.39. The van der Waals surface area contributed by atoms with E-state index < -0.39 is 16.0 Å². The van der Waals surface area contributed by atoms with Crippen LogP contribution >= 0.6 is 11.3 Å². The normalized spacial score (nSPS) is 18.5. The van der Waals surface area contributed by atoms with E-state index in [0.29, 0.717) is 24.6 Å². The fraction of sp³-hybridized carbons (Fsp3) is 0.615. The zero-order valence-electron chi connectivity index (χ0n) is 11.8. The maximum atomic E-state index is 12.2. The van der Waals surface area contributed by atoms with Crippen molar-refractivity contribution in [3.05, 3.63) is 17.0 Å². The molecule has 21 heavy (non-hydrogen) atoms. The van der Waals surface area contributed by atoms with E-state index >= 15 is 0 Å². The van der Waals surface area contributed by atoms with Gasteiger partial charge >= 0.3 is 5.97 Å². The van der Waals surface area contributed by atoms with Crippen LogP contribution in [0.3, 0.4) is 0 Å². The number of aliphatic carboxylic acids is 1. The Kier molecular flexibility index (Phi) is 5.03. The predicted molar refractivity (Wildman–Crippen MR) is 79.0 cm³/mol. The van der Waals surface area contributed by atoms with Crippen LogP contribution in [0.25, 0.3) is 0 Å². The zero-order chi connectivity index (χ0) is 15.5. The van der Waals surface area contributed by atoms with Gasteiger partial charge in [-0.2, -0.15) is 0 Å². The number of hydrogen-bond acceptors (Lipinski definition) is 5. The van der Waals surface area contributed by atoms with Crippen LogP contribution in [0.1, 0.15) is 24.6 Å². The van der Waals surface area contributed by atoms with Gasteiger partial charge in [0.25, 0.3) is 0 Å². The fourth-order valence-electron chi connectivity index (χ4n) is 2.13. The highest BCUT2D eigenvalue weighted by atomic mass is 32.2. The lowest BCUT2D eigenvalue weighted by atomic mass is 9.83. The summed E-state index contributed by atoms with van der Waals surface area (Å²) in [6, 6.07) is 3.00. The summed E-state index contributed by atoms with van der Waals surface area (Å²) in [5, 5.41) is 8.72. The van der Waals surface area contributed by atoms with Gasteiger partial charge in [0.1, 0.15) is 4.21 Å². The smallest absolute Gasteiger partial charge is 0.308 e. The number of carboxylic acids is 1. The third-order valence-corrected chi connectivity index (χ3v) is 6.59. The van der Waals surface area contributed by atoms with Crippen LogP contribution in [0.4, 0.5) is 0 Å². The quantitative estimate of drug-likeness (QED) is 0.822. The standard InChI is InChI=1S/C13H19NO5S2/c1-13(4-6-19-7-5-13)9-14-21(17,18)12-3-2-10(20-12)8-11(15)16/h2-3,14H,4-9H2,1H3,(H,15,16). The van der Waals surface area contributed by atoms with Crippen molar-refractivity contribution in [2.24, 2.45) is 5.41 Å². The highest BCUT2D eigenvalue weighted by Crippen LogP contribution is 2.30. The van der Waals surface area contributed by atoms with Crippen molar-refractivity contribution in [3.8, 4) is 0 Å². The van der Waals surface area contributed by atoms with Crippen molar-refractivity contribution in [1.82, 2.24) is 4.72 Å². The second-order valence-corrected chi connectivity index (χ2v) is 8.70. The molecule has 2 heterocycles. The Hall–Kier alpha value is -0.960. The van der Waals surface area contributed by atoms with Crippen LogP contribution in [-0.4, -0.2) is 39.3 Å². The van der Waals surface area contributed by atoms with Gasteiger partial charge in [0.05, 0.1) is 6.42 Å². The molecule has 8 heteroatoms. The molecule has 2 rings (SSSR count). The first kappa shape index (κ1) is 16.4. The molecule has 6 nitrogen and oxygen atoms in total. The molecular weight excluding hydrogens is 314 g/mol. The largest absolute Gasteiger partial charge is 0.481 e. The third-order valence-electron chi connectivity index (χ3n) is 3.62. The lowest BCUT2D eigenvalue weighted by Gasteiger charge is -2.33. The van der Waals surface area contributed by atoms with E-state index in [1.807, 2.05) is 6.92 Å². The molecular formula is C13H19NO5S2. The molecule has 0 saturated carbocycles. The SMILES string of the molecule is CC1(CNS(=O)(=O)c2ccc(CC(=O)O)s2)CCOCC1. The molecule has 0 unspecified atom stereocenters. The van der Waals surface area contributed by atoms with E-state index in [2.05, 4.69) is 4.72 Å². The molecule has 1 fully saturated rings. The summed E-state index contributed by atoms with van der Waals surface area (Å²) in [6.45, 7) is 3.72. The van der Waals surface area contributed by atoms with Crippen molar-refractivity contribution in [2.45, 2.75) is 30.4 Å². The first-order valence-corrected chi connectivity index (χ1v) is 8.99. The van der Waals surface area contributed by atoms with Gasteiger partial charge in [0.2, 0.25) is 10.0 Å². The van der Waals surface area contributed by atoms with Gasteiger partial charge in [-0.1, -0.05) is 6.92 Å². The average molecular weight is 333 g/mol. The summed E-state index contributed by atoms with van der Waals surface area (Å²) in [5.74, 6) is -0.969. The van der Waals surface area contributed by atoms with Crippen LogP contribution in [0.15, 0.2) is 16.3 Å². The van der Waals surface area contributed by atoms with Gasteiger partial charge in [-0.3, -0.25) is 4.79 Å². The van der Waals surface area contributed by atoms with Gasteiger partial charge in [-0.25, -0.2) is 13.1 Å². The molecule has 2 N–H and O–H groups in total. The summed E-state index contributed by atoms with van der Waals surface area (Å²) in [5.41, 5.74) is -0.0908. The molecule has 1 aromatic rings. The third kappa shape index (κ3) is 4.50. The van der Waals surface area contributed by atoms with Crippen LogP contribution in [-0.2, 0) is 26.0 Å². The van der Waals surface area contributed by atoms with E-state index in [4.69, 9.17) is 9.84 Å². The molecule has 0 radical (unpaired) electrons. The molecule has 0 amide bonds. The Bertz CT molecular complexity index is 602. The van der Waals surface area contributed by atoms with E-state index in [1.54, 1.807) is 6.07 Å². The molecule has 1 aliphatic rings. The Labute approximate surface area is 128 Å². The number of hydrogen-bond donors (Lipinski definition) is 2. The first-order chi connectivity index (χ1) is 9.81. The molecule has 1 saturated heterocycles. The summed E-state index contributed by atoms with van der Waals surface area (Å²) < 4.78 is 32.6. The van der Waals surface area contributed by atoms with Gasteiger partial charge in [0, 0.05) is 24.6 Å². The minimum atomic E-state index is -3.58. The number of carboxylic acid groups (broad SMARTS) is 1. The molecule has 0 aromatic carbocycles. The van der Waals surface area contributed by atoms with E-state index in [0.717, 1.165) is 24.2 Å². The maximum Gasteiger partial charge on any atom is 0.308 e. The average Bonchev–Trinajstić information content (AvgIpc) is 2.86. The van der Waals surface area contributed by atoms with Crippen molar-refractivity contribution in [2.75, 3.05) is 19.8 Å². The minimum Gasteiger partial charge on any atom is -0.481 e. The van der Waals surface area contributed by atoms with Gasteiger partial charge in [-0.05, 0) is 30.4 Å². The highest BCUT2D eigenvalue weighted by molar-refractivity contribution is 7.91. The number of rotatable bonds is 6. The second-order valence-electron chi connectivity index (χ2n) is 5.54. The number of nitrogens with one attached hydrogen (secondary N) is 1. The highest BCUT2D eigenvalue weighted by Gasteiger charge is 2.29. The van der Waals surface area contributed by atoms with Crippen molar-refractivity contribution >= 4 is 27.3 Å². The van der Waals surface area contributed by atoms with Crippen LogP contribution < -0.4 is 4.72 Å².